The van der Waals surface area contributed by atoms with Crippen LogP contribution in [0.1, 0.15) is 39.5 Å². The van der Waals surface area contributed by atoms with E-state index in [0.717, 1.165) is 25.7 Å². The van der Waals surface area contributed by atoms with Gasteiger partial charge in [-0.05, 0) is 51.4 Å². The highest BCUT2D eigenvalue weighted by Gasteiger charge is 2.21. The Morgan fingerprint density at radius 2 is 1.59 bits per heavy atom. The molecule has 0 atom stereocenters. The fourth-order valence-corrected chi connectivity index (χ4v) is 2.58. The van der Waals surface area contributed by atoms with E-state index in [9.17, 15) is 8.78 Å². The fraction of sp³-hybridized carbons (Fsp3) is 0.556. The van der Waals surface area contributed by atoms with Crippen LogP contribution >= 0.6 is 0 Å². The van der Waals surface area contributed by atoms with E-state index in [-0.39, 0.29) is 18.1 Å². The molecule has 4 heteroatoms. The highest BCUT2D eigenvalue weighted by atomic mass is 19.2. The summed E-state index contributed by atoms with van der Waals surface area (Å²) in [6, 6.07) is 0. The van der Waals surface area contributed by atoms with E-state index >= 15 is 0 Å². The maximum Gasteiger partial charge on any atom is 0.203 e. The second kappa shape index (κ2) is 9.44. The minimum absolute atomic E-state index is 0.225. The van der Waals surface area contributed by atoms with Crippen LogP contribution in [-0.2, 0) is 9.47 Å². The first-order valence-electron chi connectivity index (χ1n) is 7.81. The topological polar surface area (TPSA) is 18.5 Å². The van der Waals surface area contributed by atoms with Crippen molar-refractivity contribution in [3.05, 3.63) is 48.5 Å². The lowest BCUT2D eigenvalue weighted by molar-refractivity contribution is 0.132. The van der Waals surface area contributed by atoms with E-state index in [4.69, 9.17) is 9.47 Å². The molecule has 22 heavy (non-hydrogen) atoms. The third-order valence-corrected chi connectivity index (χ3v) is 3.85. The lowest BCUT2D eigenvalue weighted by Gasteiger charge is -2.26. The molecule has 1 aliphatic carbocycles. The van der Waals surface area contributed by atoms with Crippen LogP contribution in [0.5, 0.6) is 0 Å². The number of ether oxygens (including phenoxy) is 2. The quantitative estimate of drug-likeness (QED) is 0.330. The van der Waals surface area contributed by atoms with E-state index in [1.54, 1.807) is 6.92 Å². The standard InChI is InChI=1S/C18H26F2O2/c1-5-7-15-8-10-16(11-9-15)12-22-14(4)18(20)17(19)13(3)21-6-2/h5,7,15-16H,3-4,6,8-12H2,1-2H3/b7-5+,18-17-. The summed E-state index contributed by atoms with van der Waals surface area (Å²) in [7, 11) is 0. The van der Waals surface area contributed by atoms with Gasteiger partial charge >= 0.3 is 0 Å². The first-order valence-corrected chi connectivity index (χ1v) is 7.81. The van der Waals surface area contributed by atoms with Crippen molar-refractivity contribution >= 4 is 0 Å². The molecule has 0 saturated heterocycles. The van der Waals surface area contributed by atoms with Gasteiger partial charge in [0.05, 0.1) is 13.2 Å². The van der Waals surface area contributed by atoms with E-state index in [1.807, 2.05) is 6.92 Å². The van der Waals surface area contributed by atoms with Gasteiger partial charge in [-0.1, -0.05) is 25.3 Å². The molecule has 1 aliphatic rings. The molecule has 0 aromatic heterocycles. The van der Waals surface area contributed by atoms with Gasteiger partial charge in [-0.15, -0.1) is 0 Å². The minimum Gasteiger partial charge on any atom is -0.491 e. The molecule has 0 radical (unpaired) electrons. The molecule has 0 heterocycles. The number of halogens is 2. The van der Waals surface area contributed by atoms with E-state index in [2.05, 4.69) is 25.3 Å². The number of rotatable bonds is 8. The van der Waals surface area contributed by atoms with Gasteiger partial charge in [-0.2, -0.15) is 8.78 Å². The predicted molar refractivity (Wildman–Crippen MR) is 85.4 cm³/mol. The van der Waals surface area contributed by atoms with Crippen molar-refractivity contribution < 1.29 is 18.3 Å². The van der Waals surface area contributed by atoms with Crippen molar-refractivity contribution in [3.8, 4) is 0 Å². The lowest BCUT2D eigenvalue weighted by atomic mass is 9.82. The third kappa shape index (κ3) is 5.66. The summed E-state index contributed by atoms with van der Waals surface area (Å²) >= 11 is 0. The van der Waals surface area contributed by atoms with Gasteiger partial charge in [0.1, 0.15) is 0 Å². The van der Waals surface area contributed by atoms with E-state index in [0.29, 0.717) is 18.4 Å². The molecule has 1 saturated carbocycles. The highest BCUT2D eigenvalue weighted by Crippen LogP contribution is 2.31. The Labute approximate surface area is 132 Å². The third-order valence-electron chi connectivity index (χ3n) is 3.85. The molecule has 0 aliphatic heterocycles. The molecular formula is C18H26F2O2. The van der Waals surface area contributed by atoms with Crippen molar-refractivity contribution in [2.24, 2.45) is 11.8 Å². The van der Waals surface area contributed by atoms with Gasteiger partial charge < -0.3 is 9.47 Å². The second-order valence-corrected chi connectivity index (χ2v) is 5.52. The zero-order valence-corrected chi connectivity index (χ0v) is 13.5. The molecule has 0 unspecified atom stereocenters. The van der Waals surface area contributed by atoms with Crippen LogP contribution in [0.2, 0.25) is 0 Å². The highest BCUT2D eigenvalue weighted by molar-refractivity contribution is 5.29. The molecular weight excluding hydrogens is 286 g/mol. The van der Waals surface area contributed by atoms with Crippen LogP contribution < -0.4 is 0 Å². The van der Waals surface area contributed by atoms with Gasteiger partial charge in [-0.25, -0.2) is 0 Å². The van der Waals surface area contributed by atoms with Crippen molar-refractivity contribution in [2.75, 3.05) is 13.2 Å². The fourth-order valence-electron chi connectivity index (χ4n) is 2.58. The lowest BCUT2D eigenvalue weighted by Crippen LogP contribution is -2.17. The summed E-state index contributed by atoms with van der Waals surface area (Å²) < 4.78 is 37.6. The Balaban J connectivity index is 2.43. The average molecular weight is 312 g/mol. The molecule has 0 N–H and O–H groups in total. The molecule has 0 spiro atoms. The summed E-state index contributed by atoms with van der Waals surface area (Å²) in [4.78, 5) is 0. The van der Waals surface area contributed by atoms with Gasteiger partial charge in [0.25, 0.3) is 0 Å². The van der Waals surface area contributed by atoms with E-state index in [1.165, 1.54) is 0 Å². The summed E-state index contributed by atoms with van der Waals surface area (Å²) in [6.07, 6.45) is 8.59. The molecule has 124 valence electrons. The van der Waals surface area contributed by atoms with E-state index < -0.39 is 11.7 Å². The SMILES string of the molecule is C=C(OCC)/C(F)=C(/F)C(=C)OCC1CCC(/C=C/C)CC1. The van der Waals surface area contributed by atoms with Crippen LogP contribution in [0.4, 0.5) is 8.78 Å². The first-order chi connectivity index (χ1) is 10.5. The Kier molecular flexibility index (Phi) is 7.92. The second-order valence-electron chi connectivity index (χ2n) is 5.52. The molecule has 1 rings (SSSR count). The van der Waals surface area contributed by atoms with Crippen LogP contribution in [0.3, 0.4) is 0 Å². The molecule has 0 aromatic carbocycles. The van der Waals surface area contributed by atoms with Crippen molar-refractivity contribution in [1.29, 1.82) is 0 Å². The Morgan fingerprint density at radius 3 is 2.09 bits per heavy atom. The summed E-state index contributed by atoms with van der Waals surface area (Å²) in [5.41, 5.74) is 0. The van der Waals surface area contributed by atoms with Gasteiger partial charge in [0.15, 0.2) is 11.5 Å². The minimum atomic E-state index is -1.15. The zero-order valence-electron chi connectivity index (χ0n) is 13.5. The van der Waals surface area contributed by atoms with Gasteiger partial charge in [0, 0.05) is 0 Å². The summed E-state index contributed by atoms with van der Waals surface area (Å²) in [5, 5.41) is 0. The first kappa shape index (κ1) is 18.5. The van der Waals surface area contributed by atoms with Gasteiger partial charge in [-0.3, -0.25) is 0 Å². The summed E-state index contributed by atoms with van der Waals surface area (Å²) in [5.74, 6) is -1.92. The number of hydrogen-bond acceptors (Lipinski definition) is 2. The molecule has 0 aromatic rings. The monoisotopic (exact) mass is 312 g/mol. The largest absolute Gasteiger partial charge is 0.491 e. The average Bonchev–Trinajstić information content (AvgIpc) is 2.53. The Bertz CT molecular complexity index is 444. The number of allylic oxidation sites excluding steroid dienone is 4. The molecule has 2 nitrogen and oxygen atoms in total. The Morgan fingerprint density at radius 1 is 1.05 bits per heavy atom. The normalized spacial score (nSPS) is 23.1. The van der Waals surface area contributed by atoms with Crippen LogP contribution in [-0.4, -0.2) is 13.2 Å². The predicted octanol–water partition coefficient (Wildman–Crippen LogP) is 5.60. The molecule has 1 fully saturated rings. The smallest absolute Gasteiger partial charge is 0.203 e. The van der Waals surface area contributed by atoms with Crippen LogP contribution in [0, 0.1) is 11.8 Å². The van der Waals surface area contributed by atoms with Crippen molar-refractivity contribution in [2.45, 2.75) is 39.5 Å². The zero-order chi connectivity index (χ0) is 16.5. The molecule has 0 bridgehead atoms. The van der Waals surface area contributed by atoms with Crippen LogP contribution in [0.25, 0.3) is 0 Å². The Hall–Kier alpha value is -1.58. The van der Waals surface area contributed by atoms with Gasteiger partial charge in [0.2, 0.25) is 11.7 Å². The maximum atomic E-state index is 13.8. The molecule has 0 amide bonds. The van der Waals surface area contributed by atoms with Crippen molar-refractivity contribution in [3.63, 3.8) is 0 Å². The summed E-state index contributed by atoms with van der Waals surface area (Å²) in [6.45, 7) is 11.1. The van der Waals surface area contributed by atoms with Crippen molar-refractivity contribution in [1.82, 2.24) is 0 Å². The number of hydrogen-bond donors (Lipinski definition) is 0. The van der Waals surface area contributed by atoms with Crippen LogP contribution in [0.15, 0.2) is 48.5 Å². The maximum absolute atomic E-state index is 13.8.